The quantitative estimate of drug-likeness (QED) is 0.669. The number of rotatable bonds is 10. The summed E-state index contributed by atoms with van der Waals surface area (Å²) in [7, 11) is 5.32. The van der Waals surface area contributed by atoms with Gasteiger partial charge >= 0.3 is 0 Å². The smallest absolute Gasteiger partial charge is 0.128 e. The minimum absolute atomic E-state index is 0.665. The Bertz CT molecular complexity index is 391. The molecule has 0 radical (unpaired) electrons. The van der Waals surface area contributed by atoms with Crippen LogP contribution in [0, 0.1) is 0 Å². The van der Waals surface area contributed by atoms with E-state index in [2.05, 4.69) is 15.2 Å². The third-order valence-electron chi connectivity index (χ3n) is 2.95. The first-order valence-corrected chi connectivity index (χ1v) is 7.12. The van der Waals surface area contributed by atoms with Gasteiger partial charge in [0.05, 0.1) is 11.6 Å². The number of nitrogens with zero attached hydrogens (tertiary/aromatic N) is 2. The van der Waals surface area contributed by atoms with E-state index in [1.54, 1.807) is 20.4 Å². The van der Waals surface area contributed by atoms with Crippen LogP contribution in [0.2, 0.25) is 5.02 Å². The zero-order valence-corrected chi connectivity index (χ0v) is 13.2. The molecule has 0 bridgehead atoms. The third-order valence-corrected chi connectivity index (χ3v) is 3.29. The zero-order chi connectivity index (χ0) is 14.8. The van der Waals surface area contributed by atoms with Gasteiger partial charge in [-0.25, -0.2) is 4.98 Å². The second-order valence-electron chi connectivity index (χ2n) is 4.49. The van der Waals surface area contributed by atoms with Crippen LogP contribution in [-0.4, -0.2) is 52.6 Å². The van der Waals surface area contributed by atoms with Crippen molar-refractivity contribution >= 4 is 17.4 Å². The Hall–Kier alpha value is -0.880. The number of anilines is 1. The Balaban J connectivity index is 2.79. The molecule has 0 spiro atoms. The number of nitrogens with one attached hydrogen (secondary N) is 1. The van der Waals surface area contributed by atoms with Crippen molar-refractivity contribution in [2.75, 3.05) is 52.5 Å². The van der Waals surface area contributed by atoms with E-state index >= 15 is 0 Å². The Kier molecular flexibility index (Phi) is 8.53. The van der Waals surface area contributed by atoms with Gasteiger partial charge in [-0.15, -0.1) is 0 Å². The number of hydrogen-bond acceptors (Lipinski definition) is 5. The van der Waals surface area contributed by atoms with Crippen molar-refractivity contribution in [2.24, 2.45) is 0 Å². The molecule has 0 unspecified atom stereocenters. The normalized spacial score (nSPS) is 10.8. The molecule has 0 aromatic carbocycles. The molecular weight excluding hydrogens is 278 g/mol. The molecule has 0 saturated heterocycles. The van der Waals surface area contributed by atoms with E-state index in [1.807, 2.05) is 13.1 Å². The molecule has 5 nitrogen and oxygen atoms in total. The molecule has 6 heteroatoms. The van der Waals surface area contributed by atoms with E-state index in [0.717, 1.165) is 44.0 Å². The molecule has 0 fully saturated rings. The summed E-state index contributed by atoms with van der Waals surface area (Å²) in [6.07, 6.45) is 2.66. The molecule has 0 aliphatic carbocycles. The lowest BCUT2D eigenvalue weighted by Crippen LogP contribution is -2.30. The molecule has 0 aliphatic rings. The Morgan fingerprint density at radius 2 is 2.00 bits per heavy atom. The number of hydrogen-bond donors (Lipinski definition) is 1. The van der Waals surface area contributed by atoms with Crippen molar-refractivity contribution in [1.29, 1.82) is 0 Å². The molecule has 1 aromatic rings. The first kappa shape index (κ1) is 17.2. The topological polar surface area (TPSA) is 46.6 Å². The van der Waals surface area contributed by atoms with Crippen LogP contribution in [0.3, 0.4) is 0 Å². The van der Waals surface area contributed by atoms with Crippen molar-refractivity contribution in [2.45, 2.75) is 13.0 Å². The maximum Gasteiger partial charge on any atom is 0.128 e. The van der Waals surface area contributed by atoms with Crippen molar-refractivity contribution in [3.63, 3.8) is 0 Å². The summed E-state index contributed by atoms with van der Waals surface area (Å²) in [5.74, 6) is 0.924. The lowest BCUT2D eigenvalue weighted by molar-refractivity contribution is 0.191. The highest BCUT2D eigenvalue weighted by atomic mass is 35.5. The Morgan fingerprint density at radius 1 is 1.25 bits per heavy atom. The van der Waals surface area contributed by atoms with Gasteiger partial charge in [0.25, 0.3) is 0 Å². The van der Waals surface area contributed by atoms with Gasteiger partial charge in [-0.2, -0.15) is 0 Å². The Labute approximate surface area is 126 Å². The van der Waals surface area contributed by atoms with E-state index in [0.29, 0.717) is 11.6 Å². The predicted molar refractivity (Wildman–Crippen MR) is 82.6 cm³/mol. The SMILES string of the molecule is CNCc1cc(N(CCCOC)CCOC)ncc1Cl. The maximum atomic E-state index is 6.15. The fourth-order valence-corrected chi connectivity index (χ4v) is 2.08. The summed E-state index contributed by atoms with van der Waals surface area (Å²) >= 11 is 6.15. The molecule has 114 valence electrons. The summed E-state index contributed by atoms with van der Waals surface area (Å²) in [4.78, 5) is 6.62. The first-order chi connectivity index (χ1) is 9.72. The maximum absolute atomic E-state index is 6.15. The molecule has 0 aliphatic heterocycles. The van der Waals surface area contributed by atoms with Crippen LogP contribution in [-0.2, 0) is 16.0 Å². The van der Waals surface area contributed by atoms with Gasteiger partial charge in [0, 0.05) is 46.7 Å². The van der Waals surface area contributed by atoms with Crippen LogP contribution >= 0.6 is 11.6 Å². The van der Waals surface area contributed by atoms with Gasteiger partial charge in [-0.05, 0) is 25.1 Å². The first-order valence-electron chi connectivity index (χ1n) is 6.74. The highest BCUT2D eigenvalue weighted by molar-refractivity contribution is 6.31. The molecule has 20 heavy (non-hydrogen) atoms. The lowest BCUT2D eigenvalue weighted by Gasteiger charge is -2.24. The average Bonchev–Trinajstić information content (AvgIpc) is 2.45. The number of pyridine rings is 1. The highest BCUT2D eigenvalue weighted by Crippen LogP contribution is 2.20. The summed E-state index contributed by atoms with van der Waals surface area (Å²) in [5, 5.41) is 3.80. The minimum atomic E-state index is 0.665. The van der Waals surface area contributed by atoms with E-state index in [-0.39, 0.29) is 0 Å². The average molecular weight is 302 g/mol. The second-order valence-corrected chi connectivity index (χ2v) is 4.90. The summed E-state index contributed by atoms with van der Waals surface area (Å²) in [5.41, 5.74) is 1.05. The summed E-state index contributed by atoms with van der Waals surface area (Å²) < 4.78 is 10.3. The fraction of sp³-hybridized carbons (Fsp3) is 0.643. The predicted octanol–water partition coefficient (Wildman–Crippen LogP) is 1.94. The van der Waals surface area contributed by atoms with E-state index < -0.39 is 0 Å². The monoisotopic (exact) mass is 301 g/mol. The summed E-state index contributed by atoms with van der Waals surface area (Å²) in [6.45, 7) is 3.81. The van der Waals surface area contributed by atoms with Gasteiger partial charge in [0.1, 0.15) is 5.82 Å². The number of aromatic nitrogens is 1. The summed E-state index contributed by atoms with van der Waals surface area (Å²) in [6, 6.07) is 2.03. The molecule has 1 aromatic heterocycles. The molecule has 0 saturated carbocycles. The van der Waals surface area contributed by atoms with Crippen molar-refractivity contribution < 1.29 is 9.47 Å². The fourth-order valence-electron chi connectivity index (χ4n) is 1.91. The molecule has 0 amide bonds. The van der Waals surface area contributed by atoms with Crippen molar-refractivity contribution in [3.05, 3.63) is 22.8 Å². The number of methoxy groups -OCH3 is 2. The van der Waals surface area contributed by atoms with E-state index in [1.165, 1.54) is 0 Å². The van der Waals surface area contributed by atoms with Crippen LogP contribution in [0.15, 0.2) is 12.3 Å². The largest absolute Gasteiger partial charge is 0.385 e. The van der Waals surface area contributed by atoms with Crippen molar-refractivity contribution in [3.8, 4) is 0 Å². The van der Waals surface area contributed by atoms with Crippen molar-refractivity contribution in [1.82, 2.24) is 10.3 Å². The van der Waals surface area contributed by atoms with Crippen LogP contribution < -0.4 is 10.2 Å². The third kappa shape index (κ3) is 5.63. The molecule has 0 atom stereocenters. The van der Waals surface area contributed by atoms with Gasteiger partial charge in [-0.3, -0.25) is 0 Å². The molecule has 1 N–H and O–H groups in total. The zero-order valence-electron chi connectivity index (χ0n) is 12.5. The highest BCUT2D eigenvalue weighted by Gasteiger charge is 2.10. The Morgan fingerprint density at radius 3 is 2.65 bits per heavy atom. The van der Waals surface area contributed by atoms with Gasteiger partial charge in [0.15, 0.2) is 0 Å². The second kappa shape index (κ2) is 9.94. The molecular formula is C14H24ClN3O2. The van der Waals surface area contributed by atoms with Gasteiger partial charge in [-0.1, -0.05) is 11.6 Å². The van der Waals surface area contributed by atoms with Crippen LogP contribution in [0.25, 0.3) is 0 Å². The van der Waals surface area contributed by atoms with E-state index in [9.17, 15) is 0 Å². The standard InChI is InChI=1S/C14H24ClN3O2/c1-16-10-12-9-14(17-11-13(12)15)18(6-8-20-3)5-4-7-19-2/h9,11,16H,4-8,10H2,1-3H3. The van der Waals surface area contributed by atoms with Crippen LogP contribution in [0.4, 0.5) is 5.82 Å². The number of halogens is 1. The van der Waals surface area contributed by atoms with Crippen LogP contribution in [0.5, 0.6) is 0 Å². The minimum Gasteiger partial charge on any atom is -0.385 e. The van der Waals surface area contributed by atoms with Crippen LogP contribution in [0.1, 0.15) is 12.0 Å². The number of ether oxygens (including phenoxy) is 2. The molecule has 1 heterocycles. The van der Waals surface area contributed by atoms with E-state index in [4.69, 9.17) is 21.1 Å². The van der Waals surface area contributed by atoms with Gasteiger partial charge in [0.2, 0.25) is 0 Å². The van der Waals surface area contributed by atoms with Gasteiger partial charge < -0.3 is 19.7 Å². The molecule has 1 rings (SSSR count). The lowest BCUT2D eigenvalue weighted by atomic mass is 10.2.